The molecule has 6 heteroatoms. The minimum absolute atomic E-state index is 0.0628. The topological polar surface area (TPSA) is 73.2 Å². The summed E-state index contributed by atoms with van der Waals surface area (Å²) < 4.78 is 6.21. The Kier molecular flexibility index (Phi) is 5.09. The van der Waals surface area contributed by atoms with E-state index >= 15 is 0 Å². The SMILES string of the molecule is COC(=O)c1cnc(C)n1CC(=O)NC(C)C(C)C. The number of methoxy groups -OCH3 is 1. The molecule has 0 saturated carbocycles. The highest BCUT2D eigenvalue weighted by Gasteiger charge is 2.18. The van der Waals surface area contributed by atoms with Crippen LogP contribution < -0.4 is 5.32 Å². The van der Waals surface area contributed by atoms with Gasteiger partial charge in [-0.15, -0.1) is 0 Å². The van der Waals surface area contributed by atoms with Gasteiger partial charge in [0.05, 0.1) is 13.3 Å². The Hall–Kier alpha value is -1.85. The van der Waals surface area contributed by atoms with Crippen LogP contribution in [0.15, 0.2) is 6.20 Å². The van der Waals surface area contributed by atoms with Crippen LogP contribution in [0.5, 0.6) is 0 Å². The van der Waals surface area contributed by atoms with Crippen LogP contribution in [0.4, 0.5) is 0 Å². The molecule has 0 aliphatic carbocycles. The number of aryl methyl sites for hydroxylation is 1. The molecular weight excluding hydrogens is 246 g/mol. The van der Waals surface area contributed by atoms with Crippen LogP contribution in [-0.4, -0.2) is 34.6 Å². The molecule has 1 unspecified atom stereocenters. The van der Waals surface area contributed by atoms with E-state index in [1.54, 1.807) is 11.5 Å². The zero-order chi connectivity index (χ0) is 14.6. The molecule has 1 aromatic heterocycles. The molecule has 1 N–H and O–H groups in total. The average molecular weight is 267 g/mol. The number of rotatable bonds is 5. The number of esters is 1. The van der Waals surface area contributed by atoms with Gasteiger partial charge in [0.15, 0.2) is 0 Å². The zero-order valence-electron chi connectivity index (χ0n) is 12.1. The van der Waals surface area contributed by atoms with Crippen LogP contribution in [0.25, 0.3) is 0 Å². The summed E-state index contributed by atoms with van der Waals surface area (Å²) in [7, 11) is 1.30. The lowest BCUT2D eigenvalue weighted by atomic mass is 10.1. The summed E-state index contributed by atoms with van der Waals surface area (Å²) in [5.41, 5.74) is 0.285. The van der Waals surface area contributed by atoms with Crippen LogP contribution >= 0.6 is 0 Å². The Morgan fingerprint density at radius 3 is 2.58 bits per heavy atom. The Bertz CT molecular complexity index is 466. The molecule has 6 nitrogen and oxygen atoms in total. The van der Waals surface area contributed by atoms with Gasteiger partial charge in [-0.1, -0.05) is 13.8 Å². The van der Waals surface area contributed by atoms with Gasteiger partial charge in [0, 0.05) is 6.04 Å². The number of nitrogens with zero attached hydrogens (tertiary/aromatic N) is 2. The zero-order valence-corrected chi connectivity index (χ0v) is 12.1. The monoisotopic (exact) mass is 267 g/mol. The standard InChI is InChI=1S/C13H21N3O3/c1-8(2)9(3)15-12(17)7-16-10(4)14-6-11(16)13(18)19-5/h6,8-9H,7H2,1-5H3,(H,15,17). The molecule has 1 aromatic rings. The number of aromatic nitrogens is 2. The summed E-state index contributed by atoms with van der Waals surface area (Å²) in [4.78, 5) is 27.5. The number of carbonyl (C=O) groups excluding carboxylic acids is 2. The number of ether oxygens (including phenoxy) is 1. The maximum absolute atomic E-state index is 11.9. The van der Waals surface area contributed by atoms with Gasteiger partial charge in [0.2, 0.25) is 5.91 Å². The van der Waals surface area contributed by atoms with E-state index in [4.69, 9.17) is 0 Å². The number of nitrogens with one attached hydrogen (secondary N) is 1. The first-order chi connectivity index (χ1) is 8.86. The third-order valence-electron chi connectivity index (χ3n) is 3.14. The van der Waals surface area contributed by atoms with E-state index in [-0.39, 0.29) is 24.2 Å². The van der Waals surface area contributed by atoms with Crippen molar-refractivity contribution < 1.29 is 14.3 Å². The average Bonchev–Trinajstić information content (AvgIpc) is 2.70. The fourth-order valence-corrected chi connectivity index (χ4v) is 1.55. The molecule has 1 atom stereocenters. The predicted octanol–water partition coefficient (Wildman–Crippen LogP) is 1.14. The number of hydrogen-bond acceptors (Lipinski definition) is 4. The molecule has 1 amide bonds. The number of carbonyl (C=O) groups is 2. The third kappa shape index (κ3) is 3.81. The van der Waals surface area contributed by atoms with E-state index in [1.165, 1.54) is 13.3 Å². The van der Waals surface area contributed by atoms with Crippen molar-refractivity contribution >= 4 is 11.9 Å². The van der Waals surface area contributed by atoms with E-state index in [2.05, 4.69) is 15.0 Å². The molecular formula is C13H21N3O3. The molecule has 106 valence electrons. The fourth-order valence-electron chi connectivity index (χ4n) is 1.55. The van der Waals surface area contributed by atoms with E-state index in [0.717, 1.165) is 0 Å². The van der Waals surface area contributed by atoms with Crippen molar-refractivity contribution in [1.82, 2.24) is 14.9 Å². The van der Waals surface area contributed by atoms with E-state index in [1.807, 2.05) is 20.8 Å². The van der Waals surface area contributed by atoms with Gasteiger partial charge < -0.3 is 14.6 Å². The maximum atomic E-state index is 11.9. The first-order valence-corrected chi connectivity index (χ1v) is 6.26. The second kappa shape index (κ2) is 6.36. The molecule has 0 aliphatic rings. The van der Waals surface area contributed by atoms with Gasteiger partial charge in [-0.25, -0.2) is 9.78 Å². The third-order valence-corrected chi connectivity index (χ3v) is 3.14. The minimum Gasteiger partial charge on any atom is -0.464 e. The van der Waals surface area contributed by atoms with Crippen molar-refractivity contribution in [3.63, 3.8) is 0 Å². The molecule has 0 spiro atoms. The van der Waals surface area contributed by atoms with Crippen molar-refractivity contribution in [2.75, 3.05) is 7.11 Å². The van der Waals surface area contributed by atoms with Gasteiger partial charge in [-0.3, -0.25) is 4.79 Å². The predicted molar refractivity (Wildman–Crippen MR) is 70.7 cm³/mol. The lowest BCUT2D eigenvalue weighted by Gasteiger charge is -2.18. The summed E-state index contributed by atoms with van der Waals surface area (Å²) in [6.45, 7) is 7.82. The first kappa shape index (κ1) is 15.2. The van der Waals surface area contributed by atoms with Gasteiger partial charge in [-0.05, 0) is 19.8 Å². The van der Waals surface area contributed by atoms with Gasteiger partial charge in [0.25, 0.3) is 0 Å². The van der Waals surface area contributed by atoms with E-state index in [0.29, 0.717) is 11.7 Å². The molecule has 1 rings (SSSR count). The van der Waals surface area contributed by atoms with Crippen molar-refractivity contribution in [3.8, 4) is 0 Å². The first-order valence-electron chi connectivity index (χ1n) is 6.26. The highest BCUT2D eigenvalue weighted by Crippen LogP contribution is 2.07. The summed E-state index contributed by atoms with van der Waals surface area (Å²) in [5.74, 6) is 0.318. The Labute approximate surface area is 113 Å². The Morgan fingerprint density at radius 1 is 1.42 bits per heavy atom. The normalized spacial score (nSPS) is 12.3. The van der Waals surface area contributed by atoms with Crippen LogP contribution in [0.2, 0.25) is 0 Å². The van der Waals surface area contributed by atoms with Gasteiger partial charge >= 0.3 is 5.97 Å². The van der Waals surface area contributed by atoms with Crippen LogP contribution in [0.1, 0.15) is 37.1 Å². The molecule has 0 radical (unpaired) electrons. The van der Waals surface area contributed by atoms with Gasteiger partial charge in [0.1, 0.15) is 18.1 Å². The van der Waals surface area contributed by atoms with Crippen molar-refractivity contribution in [2.24, 2.45) is 5.92 Å². The van der Waals surface area contributed by atoms with Crippen LogP contribution in [0.3, 0.4) is 0 Å². The summed E-state index contributed by atoms with van der Waals surface area (Å²) in [6.07, 6.45) is 1.42. The highest BCUT2D eigenvalue weighted by atomic mass is 16.5. The fraction of sp³-hybridized carbons (Fsp3) is 0.615. The van der Waals surface area contributed by atoms with Crippen LogP contribution in [0, 0.1) is 12.8 Å². The largest absolute Gasteiger partial charge is 0.464 e. The minimum atomic E-state index is -0.495. The molecule has 0 aliphatic heterocycles. The molecule has 0 bridgehead atoms. The number of amides is 1. The lowest BCUT2D eigenvalue weighted by molar-refractivity contribution is -0.122. The Morgan fingerprint density at radius 2 is 2.05 bits per heavy atom. The number of hydrogen-bond donors (Lipinski definition) is 1. The van der Waals surface area contributed by atoms with Gasteiger partial charge in [-0.2, -0.15) is 0 Å². The lowest BCUT2D eigenvalue weighted by Crippen LogP contribution is -2.38. The van der Waals surface area contributed by atoms with E-state index in [9.17, 15) is 9.59 Å². The maximum Gasteiger partial charge on any atom is 0.356 e. The number of imidazole rings is 1. The second-order valence-electron chi connectivity index (χ2n) is 4.87. The van der Waals surface area contributed by atoms with E-state index < -0.39 is 5.97 Å². The highest BCUT2D eigenvalue weighted by molar-refractivity contribution is 5.88. The van der Waals surface area contributed by atoms with Crippen molar-refractivity contribution in [2.45, 2.75) is 40.3 Å². The summed E-state index contributed by atoms with van der Waals surface area (Å²) in [5, 5.41) is 2.89. The second-order valence-corrected chi connectivity index (χ2v) is 4.87. The van der Waals surface area contributed by atoms with Crippen LogP contribution in [-0.2, 0) is 16.1 Å². The molecule has 0 aromatic carbocycles. The summed E-state index contributed by atoms with van der Waals surface area (Å²) >= 11 is 0. The summed E-state index contributed by atoms with van der Waals surface area (Å²) in [6, 6.07) is 0.0814. The molecule has 1 heterocycles. The quantitative estimate of drug-likeness (QED) is 0.812. The Balaban J connectivity index is 2.79. The molecule has 0 saturated heterocycles. The molecule has 19 heavy (non-hydrogen) atoms. The van der Waals surface area contributed by atoms with Crippen molar-refractivity contribution in [3.05, 3.63) is 17.7 Å². The molecule has 0 fully saturated rings. The smallest absolute Gasteiger partial charge is 0.356 e. The van der Waals surface area contributed by atoms with Crippen molar-refractivity contribution in [1.29, 1.82) is 0 Å².